The predicted octanol–water partition coefficient (Wildman–Crippen LogP) is 3.46. The zero-order valence-corrected chi connectivity index (χ0v) is 19.3. The molecule has 31 heavy (non-hydrogen) atoms. The number of aromatic amines is 1. The predicted molar refractivity (Wildman–Crippen MR) is 124 cm³/mol. The Balaban J connectivity index is 1.63. The lowest BCUT2D eigenvalue weighted by atomic mass is 10.1. The molecule has 166 valence electrons. The number of thioether (sulfide) groups is 1. The number of hydrogen-bond acceptors (Lipinski definition) is 7. The summed E-state index contributed by atoms with van der Waals surface area (Å²) in [6.45, 7) is 6.55. The SMILES string of the molecule is CCOC(=O)c1c(C)[nH]c(C2=NNC(=NCCc3ccc(OC)c(OC)c3)SC2)c1C. The van der Waals surface area contributed by atoms with Gasteiger partial charge in [-0.1, -0.05) is 17.8 Å². The normalized spacial score (nSPS) is 14.7. The van der Waals surface area contributed by atoms with Gasteiger partial charge in [0.1, 0.15) is 0 Å². The molecule has 0 radical (unpaired) electrons. The topological polar surface area (TPSA) is 97.3 Å². The Bertz CT molecular complexity index is 1010. The number of rotatable bonds is 8. The van der Waals surface area contributed by atoms with Crippen LogP contribution in [0.15, 0.2) is 28.3 Å². The van der Waals surface area contributed by atoms with Gasteiger partial charge >= 0.3 is 5.97 Å². The number of esters is 1. The second-order valence-corrected chi connectivity index (χ2v) is 7.89. The van der Waals surface area contributed by atoms with E-state index in [1.54, 1.807) is 32.9 Å². The van der Waals surface area contributed by atoms with Crippen LogP contribution in [0.4, 0.5) is 0 Å². The fraction of sp³-hybridized carbons (Fsp3) is 0.409. The Morgan fingerprint density at radius 3 is 2.65 bits per heavy atom. The molecule has 1 aromatic heterocycles. The number of ether oxygens (including phenoxy) is 3. The fourth-order valence-corrected chi connectivity index (χ4v) is 4.17. The summed E-state index contributed by atoms with van der Waals surface area (Å²) in [6, 6.07) is 5.88. The molecule has 1 aromatic carbocycles. The smallest absolute Gasteiger partial charge is 0.340 e. The first kappa shape index (κ1) is 22.7. The minimum atomic E-state index is -0.311. The second-order valence-electron chi connectivity index (χ2n) is 6.93. The largest absolute Gasteiger partial charge is 0.493 e. The van der Waals surface area contributed by atoms with E-state index >= 15 is 0 Å². The van der Waals surface area contributed by atoms with Crippen LogP contribution < -0.4 is 14.9 Å². The second kappa shape index (κ2) is 10.4. The number of carbonyl (C=O) groups excluding carboxylic acids is 1. The highest BCUT2D eigenvalue weighted by Crippen LogP contribution is 2.28. The number of amidine groups is 1. The van der Waals surface area contributed by atoms with E-state index in [1.165, 1.54) is 0 Å². The first-order valence-corrected chi connectivity index (χ1v) is 11.0. The lowest BCUT2D eigenvalue weighted by Crippen LogP contribution is -2.26. The molecule has 0 bridgehead atoms. The van der Waals surface area contributed by atoms with Crippen molar-refractivity contribution in [3.63, 3.8) is 0 Å². The van der Waals surface area contributed by atoms with Crippen molar-refractivity contribution < 1.29 is 19.0 Å². The van der Waals surface area contributed by atoms with Crippen molar-refractivity contribution in [1.29, 1.82) is 0 Å². The number of aryl methyl sites for hydroxylation is 1. The van der Waals surface area contributed by atoms with Crippen LogP contribution in [0.2, 0.25) is 0 Å². The van der Waals surface area contributed by atoms with Gasteiger partial charge in [-0.25, -0.2) is 4.79 Å². The molecule has 2 aromatic rings. The first-order chi connectivity index (χ1) is 15.0. The van der Waals surface area contributed by atoms with E-state index in [2.05, 4.69) is 20.5 Å². The van der Waals surface area contributed by atoms with Crippen molar-refractivity contribution in [3.05, 3.63) is 46.3 Å². The highest BCUT2D eigenvalue weighted by Gasteiger charge is 2.23. The van der Waals surface area contributed by atoms with Gasteiger partial charge in [0.2, 0.25) is 0 Å². The van der Waals surface area contributed by atoms with Gasteiger partial charge in [-0.05, 0) is 50.5 Å². The van der Waals surface area contributed by atoms with Crippen LogP contribution in [-0.4, -0.2) is 55.0 Å². The molecule has 0 aliphatic carbocycles. The van der Waals surface area contributed by atoms with E-state index < -0.39 is 0 Å². The van der Waals surface area contributed by atoms with Gasteiger partial charge in [0.15, 0.2) is 16.7 Å². The van der Waals surface area contributed by atoms with Crippen LogP contribution in [-0.2, 0) is 11.2 Å². The minimum Gasteiger partial charge on any atom is -0.493 e. The van der Waals surface area contributed by atoms with E-state index in [4.69, 9.17) is 14.2 Å². The van der Waals surface area contributed by atoms with Crippen LogP contribution in [0.3, 0.4) is 0 Å². The number of benzene rings is 1. The van der Waals surface area contributed by atoms with Gasteiger partial charge in [-0.15, -0.1) is 0 Å². The lowest BCUT2D eigenvalue weighted by molar-refractivity contribution is 0.0525. The molecule has 0 atom stereocenters. The average molecular weight is 445 g/mol. The maximum Gasteiger partial charge on any atom is 0.340 e. The molecule has 8 nitrogen and oxygen atoms in total. The number of hydrazone groups is 1. The third-order valence-electron chi connectivity index (χ3n) is 4.94. The van der Waals surface area contributed by atoms with Crippen LogP contribution in [0.25, 0.3) is 0 Å². The standard InChI is InChI=1S/C22H28N4O4S/c1-6-30-21(27)19-13(2)20(24-14(19)3)16-12-31-22(26-25-16)23-10-9-15-7-8-17(28-4)18(11-15)29-5/h7-8,11,24H,6,9-10,12H2,1-5H3,(H,23,26). The molecule has 2 heterocycles. The molecule has 0 spiro atoms. The zero-order chi connectivity index (χ0) is 22.4. The van der Waals surface area contributed by atoms with Crippen molar-refractivity contribution in [2.24, 2.45) is 10.1 Å². The van der Waals surface area contributed by atoms with Crippen LogP contribution in [0, 0.1) is 13.8 Å². The molecular weight excluding hydrogens is 416 g/mol. The maximum atomic E-state index is 12.2. The summed E-state index contributed by atoms with van der Waals surface area (Å²) in [5.41, 5.74) is 8.07. The van der Waals surface area contributed by atoms with Crippen molar-refractivity contribution in [2.45, 2.75) is 27.2 Å². The quantitative estimate of drug-likeness (QED) is 0.605. The number of H-pyrrole nitrogens is 1. The Morgan fingerprint density at radius 2 is 2.00 bits per heavy atom. The third kappa shape index (κ3) is 5.22. The van der Waals surface area contributed by atoms with E-state index in [1.807, 2.05) is 32.0 Å². The summed E-state index contributed by atoms with van der Waals surface area (Å²) < 4.78 is 15.8. The molecular formula is C22H28N4O4S. The number of nitrogens with zero attached hydrogens (tertiary/aromatic N) is 2. The van der Waals surface area contributed by atoms with Crippen molar-refractivity contribution in [1.82, 2.24) is 10.4 Å². The van der Waals surface area contributed by atoms with Crippen LogP contribution in [0.1, 0.15) is 39.8 Å². The molecule has 0 saturated carbocycles. The monoisotopic (exact) mass is 444 g/mol. The van der Waals surface area contributed by atoms with Crippen molar-refractivity contribution in [3.8, 4) is 11.5 Å². The minimum absolute atomic E-state index is 0.311. The molecule has 1 aliphatic rings. The van der Waals surface area contributed by atoms with E-state index in [-0.39, 0.29) is 5.97 Å². The zero-order valence-electron chi connectivity index (χ0n) is 18.5. The Labute approximate surface area is 186 Å². The lowest BCUT2D eigenvalue weighted by Gasteiger charge is -2.15. The number of aliphatic imine (C=N–C) groups is 1. The van der Waals surface area contributed by atoms with Crippen molar-refractivity contribution >= 4 is 28.6 Å². The summed E-state index contributed by atoms with van der Waals surface area (Å²) in [4.78, 5) is 20.1. The van der Waals surface area contributed by atoms with Gasteiger partial charge in [0, 0.05) is 18.0 Å². The summed E-state index contributed by atoms with van der Waals surface area (Å²) in [6.07, 6.45) is 0.778. The number of nitrogens with one attached hydrogen (secondary N) is 2. The van der Waals surface area contributed by atoms with Crippen molar-refractivity contribution in [2.75, 3.05) is 33.1 Å². The van der Waals surface area contributed by atoms with E-state index in [9.17, 15) is 4.79 Å². The van der Waals surface area contributed by atoms with Gasteiger partial charge in [-0.2, -0.15) is 5.10 Å². The number of hydrogen-bond donors (Lipinski definition) is 2. The van der Waals surface area contributed by atoms with Gasteiger partial charge in [-0.3, -0.25) is 10.4 Å². The molecule has 9 heteroatoms. The van der Waals surface area contributed by atoms with Gasteiger partial charge in [0.25, 0.3) is 0 Å². The van der Waals surface area contributed by atoms with Crippen LogP contribution >= 0.6 is 11.8 Å². The average Bonchev–Trinajstić information content (AvgIpc) is 3.08. The fourth-order valence-electron chi connectivity index (χ4n) is 3.40. The Kier molecular flexibility index (Phi) is 7.62. The van der Waals surface area contributed by atoms with Crippen LogP contribution in [0.5, 0.6) is 11.5 Å². The Hall–Kier alpha value is -2.94. The number of aromatic nitrogens is 1. The number of carbonyl (C=O) groups is 1. The van der Waals surface area contributed by atoms with Gasteiger partial charge < -0.3 is 19.2 Å². The molecule has 3 rings (SSSR count). The maximum absolute atomic E-state index is 12.2. The molecule has 1 aliphatic heterocycles. The highest BCUT2D eigenvalue weighted by molar-refractivity contribution is 8.14. The molecule has 0 unspecified atom stereocenters. The molecule has 2 N–H and O–H groups in total. The summed E-state index contributed by atoms with van der Waals surface area (Å²) in [7, 11) is 3.25. The molecule has 0 amide bonds. The number of methoxy groups -OCH3 is 2. The third-order valence-corrected chi connectivity index (χ3v) is 5.85. The Morgan fingerprint density at radius 1 is 1.23 bits per heavy atom. The summed E-state index contributed by atoms with van der Waals surface area (Å²) in [5.74, 6) is 1.77. The first-order valence-electron chi connectivity index (χ1n) is 10.1. The van der Waals surface area contributed by atoms with E-state index in [0.717, 1.165) is 39.8 Å². The molecule has 0 saturated heterocycles. The summed E-state index contributed by atoms with van der Waals surface area (Å²) >= 11 is 1.58. The summed E-state index contributed by atoms with van der Waals surface area (Å²) in [5, 5.41) is 5.25. The van der Waals surface area contributed by atoms with E-state index in [0.29, 0.717) is 36.0 Å². The highest BCUT2D eigenvalue weighted by atomic mass is 32.2. The van der Waals surface area contributed by atoms with Gasteiger partial charge in [0.05, 0.1) is 37.8 Å². The molecule has 0 fully saturated rings.